The Morgan fingerprint density at radius 1 is 1.12 bits per heavy atom. The van der Waals surface area contributed by atoms with Crippen LogP contribution < -0.4 is 10.2 Å². The van der Waals surface area contributed by atoms with Gasteiger partial charge in [-0.1, -0.05) is 6.07 Å². The van der Waals surface area contributed by atoms with E-state index in [1.165, 1.54) is 24.9 Å². The van der Waals surface area contributed by atoms with Gasteiger partial charge in [-0.05, 0) is 61.2 Å². The van der Waals surface area contributed by atoms with Crippen molar-refractivity contribution in [2.45, 2.75) is 32.6 Å². The fourth-order valence-corrected chi connectivity index (χ4v) is 3.50. The van der Waals surface area contributed by atoms with Gasteiger partial charge in [0.25, 0.3) is 0 Å². The largest absolute Gasteiger partial charge is 0.441 e. The van der Waals surface area contributed by atoms with Gasteiger partial charge in [-0.2, -0.15) is 0 Å². The van der Waals surface area contributed by atoms with Crippen LogP contribution in [0.4, 0.5) is 11.4 Å². The van der Waals surface area contributed by atoms with Crippen LogP contribution in [-0.4, -0.2) is 24.0 Å². The van der Waals surface area contributed by atoms with Crippen LogP contribution in [0.15, 0.2) is 46.9 Å². The number of fused-ring (bicyclic) bond motifs is 1. The third-order valence-electron chi connectivity index (χ3n) is 4.80. The Kier molecular flexibility index (Phi) is 4.61. The summed E-state index contributed by atoms with van der Waals surface area (Å²) in [6, 6.07) is 13.8. The van der Waals surface area contributed by atoms with Crippen molar-refractivity contribution in [2.75, 3.05) is 23.3 Å². The van der Waals surface area contributed by atoms with E-state index in [0.717, 1.165) is 35.4 Å². The van der Waals surface area contributed by atoms with Crippen molar-refractivity contribution < 1.29 is 9.21 Å². The zero-order valence-electron chi connectivity index (χ0n) is 15.0. The van der Waals surface area contributed by atoms with Crippen LogP contribution in [0.3, 0.4) is 0 Å². The van der Waals surface area contributed by atoms with Gasteiger partial charge >= 0.3 is 0 Å². The van der Waals surface area contributed by atoms with E-state index in [0.29, 0.717) is 12.3 Å². The minimum absolute atomic E-state index is 0.0321. The van der Waals surface area contributed by atoms with Crippen LogP contribution in [-0.2, 0) is 11.2 Å². The van der Waals surface area contributed by atoms with E-state index in [4.69, 9.17) is 4.42 Å². The van der Waals surface area contributed by atoms with Crippen molar-refractivity contribution in [1.29, 1.82) is 0 Å². The third-order valence-corrected chi connectivity index (χ3v) is 4.80. The van der Waals surface area contributed by atoms with E-state index >= 15 is 0 Å². The lowest BCUT2D eigenvalue weighted by molar-refractivity contribution is -0.115. The number of anilines is 2. The van der Waals surface area contributed by atoms with Gasteiger partial charge in [0.2, 0.25) is 5.91 Å². The van der Waals surface area contributed by atoms with E-state index in [-0.39, 0.29) is 5.91 Å². The molecule has 26 heavy (non-hydrogen) atoms. The van der Waals surface area contributed by atoms with Crippen LogP contribution in [0.25, 0.3) is 11.1 Å². The number of carbonyl (C=O) groups is 1. The van der Waals surface area contributed by atoms with Gasteiger partial charge in [-0.3, -0.25) is 4.79 Å². The third kappa shape index (κ3) is 3.72. The summed E-state index contributed by atoms with van der Waals surface area (Å²) in [4.78, 5) is 19.1. The molecule has 2 heterocycles. The van der Waals surface area contributed by atoms with Gasteiger partial charge in [0.05, 0.1) is 6.42 Å². The second-order valence-electron chi connectivity index (χ2n) is 6.85. The zero-order valence-corrected chi connectivity index (χ0v) is 15.0. The molecule has 3 aromatic rings. The SMILES string of the molecule is Cc1nc2cc(CC(=O)Nc3ccc(N4CCCCC4)cc3)ccc2o1. The second kappa shape index (κ2) is 7.20. The van der Waals surface area contributed by atoms with E-state index < -0.39 is 0 Å². The predicted molar refractivity (Wildman–Crippen MR) is 104 cm³/mol. The Morgan fingerprint density at radius 3 is 2.65 bits per heavy atom. The highest BCUT2D eigenvalue weighted by Gasteiger charge is 2.11. The molecule has 2 aromatic carbocycles. The first-order valence-corrected chi connectivity index (χ1v) is 9.18. The first kappa shape index (κ1) is 16.6. The highest BCUT2D eigenvalue weighted by molar-refractivity contribution is 5.93. The maximum absolute atomic E-state index is 12.3. The smallest absolute Gasteiger partial charge is 0.228 e. The number of nitrogens with zero attached hydrogens (tertiary/aromatic N) is 2. The molecule has 0 radical (unpaired) electrons. The number of amides is 1. The van der Waals surface area contributed by atoms with Gasteiger partial charge < -0.3 is 14.6 Å². The Balaban J connectivity index is 1.38. The van der Waals surface area contributed by atoms with E-state index in [2.05, 4.69) is 27.3 Å². The number of nitrogens with one attached hydrogen (secondary N) is 1. The number of hydrogen-bond donors (Lipinski definition) is 1. The first-order valence-electron chi connectivity index (χ1n) is 9.18. The van der Waals surface area contributed by atoms with Crippen molar-refractivity contribution in [3.8, 4) is 0 Å². The first-order chi connectivity index (χ1) is 12.7. The van der Waals surface area contributed by atoms with Crippen molar-refractivity contribution in [2.24, 2.45) is 0 Å². The van der Waals surface area contributed by atoms with Gasteiger partial charge in [-0.15, -0.1) is 0 Å². The number of carbonyl (C=O) groups excluding carboxylic acids is 1. The van der Waals surface area contributed by atoms with Gasteiger partial charge in [-0.25, -0.2) is 4.98 Å². The molecule has 1 N–H and O–H groups in total. The lowest BCUT2D eigenvalue weighted by atomic mass is 10.1. The molecule has 5 heteroatoms. The second-order valence-corrected chi connectivity index (χ2v) is 6.85. The summed E-state index contributed by atoms with van der Waals surface area (Å²) in [5.41, 5.74) is 4.52. The van der Waals surface area contributed by atoms with Gasteiger partial charge in [0, 0.05) is 31.4 Å². The van der Waals surface area contributed by atoms with Gasteiger partial charge in [0.15, 0.2) is 11.5 Å². The molecule has 0 atom stereocenters. The number of benzene rings is 2. The average molecular weight is 349 g/mol. The summed E-state index contributed by atoms with van der Waals surface area (Å²) in [6.07, 6.45) is 4.15. The molecule has 0 saturated carbocycles. The van der Waals surface area contributed by atoms with Crippen molar-refractivity contribution in [3.05, 3.63) is 53.9 Å². The molecule has 1 fully saturated rings. The molecule has 1 aliphatic heterocycles. The lowest BCUT2D eigenvalue weighted by Crippen LogP contribution is -2.29. The Labute approximate surface area is 153 Å². The highest BCUT2D eigenvalue weighted by atomic mass is 16.3. The fourth-order valence-electron chi connectivity index (χ4n) is 3.50. The van der Waals surface area contributed by atoms with Crippen molar-refractivity contribution >= 4 is 28.4 Å². The summed E-state index contributed by atoms with van der Waals surface area (Å²) in [5, 5.41) is 2.97. The Hall–Kier alpha value is -2.82. The molecule has 0 unspecified atom stereocenters. The molecule has 4 rings (SSSR count). The summed E-state index contributed by atoms with van der Waals surface area (Å²) in [5.74, 6) is 0.602. The fraction of sp³-hybridized carbons (Fsp3) is 0.333. The summed E-state index contributed by atoms with van der Waals surface area (Å²) in [7, 11) is 0. The topological polar surface area (TPSA) is 58.4 Å². The number of piperidine rings is 1. The molecule has 0 aliphatic carbocycles. The lowest BCUT2D eigenvalue weighted by Gasteiger charge is -2.28. The van der Waals surface area contributed by atoms with Crippen molar-refractivity contribution in [3.63, 3.8) is 0 Å². The quantitative estimate of drug-likeness (QED) is 0.762. The molecule has 0 spiro atoms. The normalized spacial score (nSPS) is 14.6. The number of aromatic nitrogens is 1. The number of hydrogen-bond acceptors (Lipinski definition) is 4. The van der Waals surface area contributed by atoms with Gasteiger partial charge in [0.1, 0.15) is 5.52 Å². The molecule has 1 amide bonds. The summed E-state index contributed by atoms with van der Waals surface area (Å²) >= 11 is 0. The Morgan fingerprint density at radius 2 is 1.88 bits per heavy atom. The van der Waals surface area contributed by atoms with E-state index in [1.807, 2.05) is 37.3 Å². The molecule has 134 valence electrons. The Bertz CT molecular complexity index is 909. The number of rotatable bonds is 4. The number of aryl methyl sites for hydroxylation is 1. The number of oxazole rings is 1. The van der Waals surface area contributed by atoms with Crippen LogP contribution in [0.2, 0.25) is 0 Å². The van der Waals surface area contributed by atoms with Crippen LogP contribution in [0.1, 0.15) is 30.7 Å². The van der Waals surface area contributed by atoms with Crippen LogP contribution in [0.5, 0.6) is 0 Å². The maximum atomic E-state index is 12.3. The minimum Gasteiger partial charge on any atom is -0.441 e. The molecule has 1 aromatic heterocycles. The van der Waals surface area contributed by atoms with Crippen LogP contribution >= 0.6 is 0 Å². The summed E-state index contributed by atoms with van der Waals surface area (Å²) < 4.78 is 5.47. The molecular weight excluding hydrogens is 326 g/mol. The minimum atomic E-state index is -0.0321. The average Bonchev–Trinajstić information content (AvgIpc) is 3.02. The maximum Gasteiger partial charge on any atom is 0.228 e. The molecular formula is C21H23N3O2. The highest BCUT2D eigenvalue weighted by Crippen LogP contribution is 2.22. The molecule has 5 nitrogen and oxygen atoms in total. The predicted octanol–water partition coefficient (Wildman–Crippen LogP) is 4.31. The monoisotopic (exact) mass is 349 g/mol. The molecule has 1 saturated heterocycles. The molecule has 0 bridgehead atoms. The standard InChI is InChI=1S/C21H23N3O2/c1-15-22-19-13-16(5-10-20(19)26-15)14-21(25)23-17-6-8-18(9-7-17)24-11-3-2-4-12-24/h5-10,13H,2-4,11-12,14H2,1H3,(H,23,25). The molecule has 1 aliphatic rings. The summed E-state index contributed by atoms with van der Waals surface area (Å²) in [6.45, 7) is 4.06. The van der Waals surface area contributed by atoms with E-state index in [9.17, 15) is 4.79 Å². The zero-order chi connectivity index (χ0) is 17.9. The van der Waals surface area contributed by atoms with Crippen molar-refractivity contribution in [1.82, 2.24) is 4.98 Å². The van der Waals surface area contributed by atoms with E-state index in [1.54, 1.807) is 0 Å². The van der Waals surface area contributed by atoms with Crippen LogP contribution in [0, 0.1) is 6.92 Å².